The van der Waals surface area contributed by atoms with Gasteiger partial charge in [-0.1, -0.05) is 0 Å². The Morgan fingerprint density at radius 1 is 1.48 bits per heavy atom. The van der Waals surface area contributed by atoms with Gasteiger partial charge in [0.2, 0.25) is 0 Å². The molecule has 0 aromatic carbocycles. The maximum atomic E-state index is 14.3. The number of hydrogen-bond acceptors (Lipinski definition) is 5. The van der Waals surface area contributed by atoms with Crippen LogP contribution >= 0.6 is 0 Å². The molecule has 1 saturated carbocycles. The monoisotopic (exact) mass is 349 g/mol. The van der Waals surface area contributed by atoms with E-state index in [1.54, 1.807) is 0 Å². The molecule has 0 spiro atoms. The first kappa shape index (κ1) is 17.3. The van der Waals surface area contributed by atoms with Crippen molar-refractivity contribution in [2.24, 2.45) is 18.2 Å². The second kappa shape index (κ2) is 6.44. The van der Waals surface area contributed by atoms with Crippen LogP contribution in [-0.4, -0.2) is 33.3 Å². The fourth-order valence-corrected chi connectivity index (χ4v) is 3.25. The topological polar surface area (TPSA) is 107 Å². The Kier molecular flexibility index (Phi) is 4.47. The van der Waals surface area contributed by atoms with Crippen molar-refractivity contribution in [3.8, 4) is 5.75 Å². The summed E-state index contributed by atoms with van der Waals surface area (Å²) in [5.41, 5.74) is 5.03. The molecule has 2 heterocycles. The molecule has 25 heavy (non-hydrogen) atoms. The van der Waals surface area contributed by atoms with Crippen LogP contribution in [0.15, 0.2) is 23.1 Å². The number of nitrogens with zero attached hydrogens (tertiary/aromatic N) is 2. The molecule has 8 heteroatoms. The molecule has 0 aliphatic heterocycles. The van der Waals surface area contributed by atoms with Gasteiger partial charge in [0.05, 0.1) is 11.7 Å². The maximum absolute atomic E-state index is 14.3. The second-order valence-electron chi connectivity index (χ2n) is 6.61. The zero-order valence-electron chi connectivity index (χ0n) is 13.9. The number of carbonyl (C=O) groups is 1. The number of aliphatic carboxylic acids is 1. The van der Waals surface area contributed by atoms with Gasteiger partial charge in [-0.25, -0.2) is 4.39 Å². The van der Waals surface area contributed by atoms with E-state index in [1.807, 2.05) is 0 Å². The van der Waals surface area contributed by atoms with Gasteiger partial charge in [0, 0.05) is 19.2 Å². The van der Waals surface area contributed by atoms with Crippen molar-refractivity contribution in [2.75, 3.05) is 6.61 Å². The number of nitrogens with two attached hydrogens (primary N) is 1. The fourth-order valence-electron chi connectivity index (χ4n) is 3.25. The minimum atomic E-state index is -1.11. The lowest BCUT2D eigenvalue weighted by atomic mass is 9.73. The van der Waals surface area contributed by atoms with Crippen molar-refractivity contribution in [3.05, 3.63) is 34.5 Å². The standard InChI is InChI=1S/C17H20FN3O4/c1-21-13(22)3-2-12-14(21)15(11(18)8-20-12)25-9-17(16(23)24)6-4-10(19)5-7-17/h2-3,8,10H,4-7,9,19H2,1H3,(H,23,24). The third-order valence-electron chi connectivity index (χ3n) is 4.98. The lowest BCUT2D eigenvalue weighted by Crippen LogP contribution is -2.43. The first-order chi connectivity index (χ1) is 11.8. The average molecular weight is 349 g/mol. The first-order valence-electron chi connectivity index (χ1n) is 8.10. The largest absolute Gasteiger partial charge is 0.487 e. The molecular formula is C17H20FN3O4. The maximum Gasteiger partial charge on any atom is 0.313 e. The third-order valence-corrected chi connectivity index (χ3v) is 4.98. The highest BCUT2D eigenvalue weighted by Crippen LogP contribution is 2.38. The molecule has 3 rings (SSSR count). The zero-order chi connectivity index (χ0) is 18.2. The molecule has 0 saturated heterocycles. The lowest BCUT2D eigenvalue weighted by Gasteiger charge is -2.35. The van der Waals surface area contributed by atoms with E-state index in [0.29, 0.717) is 31.2 Å². The number of aromatic nitrogens is 2. The van der Waals surface area contributed by atoms with Crippen LogP contribution in [0.25, 0.3) is 11.0 Å². The molecule has 2 aromatic heterocycles. The van der Waals surface area contributed by atoms with E-state index >= 15 is 0 Å². The Labute approximate surface area is 143 Å². The summed E-state index contributed by atoms with van der Waals surface area (Å²) in [5.74, 6) is -1.87. The van der Waals surface area contributed by atoms with Crippen LogP contribution in [0.3, 0.4) is 0 Å². The Morgan fingerprint density at radius 3 is 2.80 bits per heavy atom. The highest BCUT2D eigenvalue weighted by Gasteiger charge is 2.42. The molecule has 7 nitrogen and oxygen atoms in total. The molecule has 0 atom stereocenters. The first-order valence-corrected chi connectivity index (χ1v) is 8.10. The second-order valence-corrected chi connectivity index (χ2v) is 6.61. The van der Waals surface area contributed by atoms with E-state index in [0.717, 1.165) is 6.20 Å². The molecule has 1 aliphatic rings. The number of pyridine rings is 2. The van der Waals surface area contributed by atoms with Gasteiger partial charge in [0.15, 0.2) is 11.6 Å². The molecule has 1 aliphatic carbocycles. The Balaban J connectivity index is 1.97. The van der Waals surface area contributed by atoms with Gasteiger partial charge < -0.3 is 20.1 Å². The van der Waals surface area contributed by atoms with Crippen LogP contribution in [-0.2, 0) is 11.8 Å². The average Bonchev–Trinajstić information content (AvgIpc) is 2.59. The molecule has 2 aromatic rings. The van der Waals surface area contributed by atoms with Gasteiger partial charge in [0.25, 0.3) is 5.56 Å². The lowest BCUT2D eigenvalue weighted by molar-refractivity contribution is -0.153. The Morgan fingerprint density at radius 2 is 2.16 bits per heavy atom. The Bertz CT molecular complexity index is 872. The van der Waals surface area contributed by atoms with Gasteiger partial charge in [0.1, 0.15) is 17.5 Å². The summed E-state index contributed by atoms with van der Waals surface area (Å²) in [5, 5.41) is 9.65. The van der Waals surface area contributed by atoms with Gasteiger partial charge in [-0.3, -0.25) is 14.6 Å². The molecule has 0 amide bonds. The summed E-state index contributed by atoms with van der Waals surface area (Å²) in [6.45, 7) is -0.186. The quantitative estimate of drug-likeness (QED) is 0.864. The fraction of sp³-hybridized carbons (Fsp3) is 0.471. The molecule has 0 bridgehead atoms. The van der Waals surface area contributed by atoms with Crippen LogP contribution in [0.1, 0.15) is 25.7 Å². The molecular weight excluding hydrogens is 329 g/mol. The van der Waals surface area contributed by atoms with Crippen molar-refractivity contribution in [2.45, 2.75) is 31.7 Å². The van der Waals surface area contributed by atoms with E-state index in [4.69, 9.17) is 10.5 Å². The molecule has 3 N–H and O–H groups in total. The van der Waals surface area contributed by atoms with Crippen LogP contribution in [0, 0.1) is 11.2 Å². The number of hydrogen-bond donors (Lipinski definition) is 2. The van der Waals surface area contributed by atoms with E-state index in [2.05, 4.69) is 4.98 Å². The number of ether oxygens (including phenoxy) is 1. The van der Waals surface area contributed by atoms with E-state index < -0.39 is 17.2 Å². The smallest absolute Gasteiger partial charge is 0.313 e. The number of rotatable bonds is 4. The highest BCUT2D eigenvalue weighted by atomic mass is 19.1. The highest BCUT2D eigenvalue weighted by molar-refractivity contribution is 5.81. The van der Waals surface area contributed by atoms with Gasteiger partial charge in [-0.15, -0.1) is 0 Å². The number of halogens is 1. The van der Waals surface area contributed by atoms with Crippen molar-refractivity contribution in [1.82, 2.24) is 9.55 Å². The van der Waals surface area contributed by atoms with E-state index in [1.165, 1.54) is 23.7 Å². The summed E-state index contributed by atoms with van der Waals surface area (Å²) < 4.78 is 21.2. The van der Waals surface area contributed by atoms with E-state index in [-0.39, 0.29) is 29.5 Å². The summed E-state index contributed by atoms with van der Waals surface area (Å²) in [4.78, 5) is 27.6. The summed E-state index contributed by atoms with van der Waals surface area (Å²) in [6.07, 6.45) is 2.90. The van der Waals surface area contributed by atoms with Gasteiger partial charge >= 0.3 is 5.97 Å². The van der Waals surface area contributed by atoms with E-state index in [9.17, 15) is 19.1 Å². The van der Waals surface area contributed by atoms with Crippen molar-refractivity contribution in [1.29, 1.82) is 0 Å². The van der Waals surface area contributed by atoms with Crippen LogP contribution in [0.2, 0.25) is 0 Å². The Hall–Kier alpha value is -2.48. The minimum Gasteiger partial charge on any atom is -0.487 e. The van der Waals surface area contributed by atoms with Crippen molar-refractivity contribution < 1.29 is 19.0 Å². The summed E-state index contributed by atoms with van der Waals surface area (Å²) in [7, 11) is 1.49. The van der Waals surface area contributed by atoms with Crippen LogP contribution in [0.5, 0.6) is 5.75 Å². The van der Waals surface area contributed by atoms with Gasteiger partial charge in [-0.2, -0.15) is 0 Å². The van der Waals surface area contributed by atoms with Crippen LogP contribution in [0.4, 0.5) is 4.39 Å². The summed E-state index contributed by atoms with van der Waals surface area (Å²) in [6, 6.07) is 2.79. The molecule has 0 unspecified atom stereocenters. The van der Waals surface area contributed by atoms with Crippen molar-refractivity contribution in [3.63, 3.8) is 0 Å². The molecule has 1 fully saturated rings. The number of aryl methyl sites for hydroxylation is 1. The van der Waals surface area contributed by atoms with Crippen molar-refractivity contribution >= 4 is 17.0 Å². The SMILES string of the molecule is Cn1c(=O)ccc2ncc(F)c(OCC3(C(=O)O)CCC(N)CC3)c21. The normalized spacial score (nSPS) is 23.6. The minimum absolute atomic E-state index is 0.0215. The number of fused-ring (bicyclic) bond motifs is 1. The predicted octanol–water partition coefficient (Wildman–Crippen LogP) is 1.42. The number of carboxylic acids is 1. The summed E-state index contributed by atoms with van der Waals surface area (Å²) >= 11 is 0. The molecule has 134 valence electrons. The molecule has 0 radical (unpaired) electrons. The van der Waals surface area contributed by atoms with Gasteiger partial charge in [-0.05, 0) is 31.7 Å². The number of carboxylic acid groups (broad SMARTS) is 1. The zero-order valence-corrected chi connectivity index (χ0v) is 13.9. The van der Waals surface area contributed by atoms with Crippen LogP contribution < -0.4 is 16.0 Å². The third kappa shape index (κ3) is 3.09. The predicted molar refractivity (Wildman–Crippen MR) is 88.9 cm³/mol.